The molecular weight excluding hydrogens is 275 g/mol. The van der Waals surface area contributed by atoms with E-state index in [0.29, 0.717) is 16.6 Å². The van der Waals surface area contributed by atoms with Gasteiger partial charge in [0.05, 0.1) is 5.69 Å². The Morgan fingerprint density at radius 3 is 2.10 bits per heavy atom. The van der Waals surface area contributed by atoms with Gasteiger partial charge in [0.1, 0.15) is 17.3 Å². The van der Waals surface area contributed by atoms with Gasteiger partial charge in [0.25, 0.3) is 0 Å². The summed E-state index contributed by atoms with van der Waals surface area (Å²) in [7, 11) is 0. The summed E-state index contributed by atoms with van der Waals surface area (Å²) in [5.41, 5.74) is 7.44. The van der Waals surface area contributed by atoms with Crippen molar-refractivity contribution in [3.05, 3.63) is 59.7 Å². The standard InChI is InChI=1S/C15H11FN2OS/c16-11-3-7-13(8-4-11)19-12-5-1-10(2-6-12)14-9-20-15(17)18-14/h1-9H,(H2,17,18). The molecule has 0 bridgehead atoms. The molecule has 100 valence electrons. The number of nitrogens with zero attached hydrogens (tertiary/aromatic N) is 1. The maximum absolute atomic E-state index is 12.8. The fraction of sp³-hybridized carbons (Fsp3) is 0. The summed E-state index contributed by atoms with van der Waals surface area (Å²) in [6, 6.07) is 13.4. The lowest BCUT2D eigenvalue weighted by atomic mass is 10.2. The van der Waals surface area contributed by atoms with Gasteiger partial charge in [-0.2, -0.15) is 0 Å². The molecule has 1 aromatic heterocycles. The number of hydrogen-bond donors (Lipinski definition) is 1. The molecule has 0 fully saturated rings. The SMILES string of the molecule is Nc1nc(-c2ccc(Oc3ccc(F)cc3)cc2)cs1. The molecule has 0 aliphatic heterocycles. The van der Waals surface area contributed by atoms with Crippen molar-refractivity contribution >= 4 is 16.5 Å². The quantitative estimate of drug-likeness (QED) is 0.780. The van der Waals surface area contributed by atoms with Crippen LogP contribution in [0.15, 0.2) is 53.9 Å². The van der Waals surface area contributed by atoms with Crippen molar-refractivity contribution in [1.29, 1.82) is 0 Å². The molecule has 0 aliphatic rings. The second kappa shape index (κ2) is 5.30. The largest absolute Gasteiger partial charge is 0.457 e. The van der Waals surface area contributed by atoms with Crippen LogP contribution in [0, 0.1) is 5.82 Å². The number of benzene rings is 2. The fourth-order valence-corrected chi connectivity index (χ4v) is 2.32. The molecule has 5 heteroatoms. The minimum atomic E-state index is -0.284. The monoisotopic (exact) mass is 286 g/mol. The predicted molar refractivity (Wildman–Crippen MR) is 78.4 cm³/mol. The first kappa shape index (κ1) is 12.6. The Morgan fingerprint density at radius 2 is 1.55 bits per heavy atom. The van der Waals surface area contributed by atoms with E-state index in [1.807, 2.05) is 29.6 Å². The van der Waals surface area contributed by atoms with Crippen molar-refractivity contribution < 1.29 is 9.13 Å². The zero-order chi connectivity index (χ0) is 13.9. The van der Waals surface area contributed by atoms with Crippen molar-refractivity contribution in [2.24, 2.45) is 0 Å². The normalized spacial score (nSPS) is 10.4. The third kappa shape index (κ3) is 2.78. The Morgan fingerprint density at radius 1 is 0.950 bits per heavy atom. The Bertz CT molecular complexity index is 707. The van der Waals surface area contributed by atoms with Crippen LogP contribution in [0.25, 0.3) is 11.3 Å². The van der Waals surface area contributed by atoms with Gasteiger partial charge in [0.2, 0.25) is 0 Å². The first-order chi connectivity index (χ1) is 9.70. The molecule has 0 saturated carbocycles. The maximum Gasteiger partial charge on any atom is 0.180 e. The summed E-state index contributed by atoms with van der Waals surface area (Å²) in [6.07, 6.45) is 0. The second-order valence-corrected chi connectivity index (χ2v) is 5.04. The van der Waals surface area contributed by atoms with Crippen LogP contribution in [0.2, 0.25) is 0 Å². The molecule has 3 aromatic rings. The van der Waals surface area contributed by atoms with Crippen LogP contribution in [0.4, 0.5) is 9.52 Å². The van der Waals surface area contributed by atoms with E-state index in [-0.39, 0.29) is 5.82 Å². The topological polar surface area (TPSA) is 48.1 Å². The van der Waals surface area contributed by atoms with Crippen LogP contribution >= 0.6 is 11.3 Å². The number of hydrogen-bond acceptors (Lipinski definition) is 4. The van der Waals surface area contributed by atoms with Crippen molar-refractivity contribution in [3.63, 3.8) is 0 Å². The van der Waals surface area contributed by atoms with Crippen LogP contribution in [-0.4, -0.2) is 4.98 Å². The zero-order valence-corrected chi connectivity index (χ0v) is 11.2. The number of anilines is 1. The number of nitrogen functional groups attached to an aromatic ring is 1. The molecule has 20 heavy (non-hydrogen) atoms. The molecule has 0 saturated heterocycles. The highest BCUT2D eigenvalue weighted by atomic mass is 32.1. The Kier molecular flexibility index (Phi) is 3.35. The fourth-order valence-electron chi connectivity index (χ4n) is 1.75. The van der Waals surface area contributed by atoms with Crippen LogP contribution in [0.1, 0.15) is 0 Å². The van der Waals surface area contributed by atoms with E-state index in [1.165, 1.54) is 23.5 Å². The van der Waals surface area contributed by atoms with Gasteiger partial charge in [0.15, 0.2) is 5.13 Å². The lowest BCUT2D eigenvalue weighted by Gasteiger charge is -2.06. The van der Waals surface area contributed by atoms with E-state index in [2.05, 4.69) is 4.98 Å². The maximum atomic E-state index is 12.8. The summed E-state index contributed by atoms with van der Waals surface area (Å²) >= 11 is 1.41. The third-order valence-corrected chi connectivity index (χ3v) is 3.40. The van der Waals surface area contributed by atoms with E-state index < -0.39 is 0 Å². The van der Waals surface area contributed by atoms with Gasteiger partial charge in [-0.15, -0.1) is 11.3 Å². The highest BCUT2D eigenvalue weighted by Gasteiger charge is 2.03. The highest BCUT2D eigenvalue weighted by Crippen LogP contribution is 2.27. The molecule has 2 N–H and O–H groups in total. The van der Waals surface area contributed by atoms with E-state index >= 15 is 0 Å². The lowest BCUT2D eigenvalue weighted by Crippen LogP contribution is -1.86. The molecule has 0 spiro atoms. The summed E-state index contributed by atoms with van der Waals surface area (Å²) in [5.74, 6) is 0.995. The smallest absolute Gasteiger partial charge is 0.180 e. The van der Waals surface area contributed by atoms with Gasteiger partial charge in [-0.05, 0) is 48.5 Å². The molecule has 0 aliphatic carbocycles. The van der Waals surface area contributed by atoms with Gasteiger partial charge in [-0.3, -0.25) is 0 Å². The molecular formula is C15H11FN2OS. The summed E-state index contributed by atoms with van der Waals surface area (Å²) in [5, 5.41) is 2.46. The van der Waals surface area contributed by atoms with Crippen LogP contribution in [-0.2, 0) is 0 Å². The number of rotatable bonds is 3. The van der Waals surface area contributed by atoms with Crippen molar-refractivity contribution in [3.8, 4) is 22.8 Å². The van der Waals surface area contributed by atoms with E-state index in [9.17, 15) is 4.39 Å². The Labute approximate surface area is 119 Å². The second-order valence-electron chi connectivity index (χ2n) is 4.15. The lowest BCUT2D eigenvalue weighted by molar-refractivity contribution is 0.480. The van der Waals surface area contributed by atoms with Crippen LogP contribution in [0.5, 0.6) is 11.5 Å². The van der Waals surface area contributed by atoms with Crippen LogP contribution < -0.4 is 10.5 Å². The molecule has 1 heterocycles. The molecule has 2 aromatic carbocycles. The van der Waals surface area contributed by atoms with Crippen LogP contribution in [0.3, 0.4) is 0 Å². The van der Waals surface area contributed by atoms with E-state index in [0.717, 1.165) is 11.3 Å². The minimum Gasteiger partial charge on any atom is -0.457 e. The average molecular weight is 286 g/mol. The first-order valence-corrected chi connectivity index (χ1v) is 6.83. The Balaban J connectivity index is 1.77. The zero-order valence-electron chi connectivity index (χ0n) is 10.4. The number of halogens is 1. The summed E-state index contributed by atoms with van der Waals surface area (Å²) in [4.78, 5) is 4.22. The number of nitrogens with two attached hydrogens (primary N) is 1. The summed E-state index contributed by atoms with van der Waals surface area (Å²) in [6.45, 7) is 0. The molecule has 3 rings (SSSR count). The van der Waals surface area contributed by atoms with E-state index in [4.69, 9.17) is 10.5 Å². The number of thiazole rings is 1. The highest BCUT2D eigenvalue weighted by molar-refractivity contribution is 7.13. The Hall–Kier alpha value is -2.40. The van der Waals surface area contributed by atoms with Crippen molar-refractivity contribution in [2.45, 2.75) is 0 Å². The number of ether oxygens (including phenoxy) is 1. The minimum absolute atomic E-state index is 0.284. The molecule has 0 unspecified atom stereocenters. The first-order valence-electron chi connectivity index (χ1n) is 5.95. The van der Waals surface area contributed by atoms with Gasteiger partial charge >= 0.3 is 0 Å². The molecule has 3 nitrogen and oxygen atoms in total. The van der Waals surface area contributed by atoms with Crippen molar-refractivity contribution in [2.75, 3.05) is 5.73 Å². The van der Waals surface area contributed by atoms with Crippen molar-refractivity contribution in [1.82, 2.24) is 4.98 Å². The predicted octanol–water partition coefficient (Wildman–Crippen LogP) is 4.32. The molecule has 0 radical (unpaired) electrons. The van der Waals surface area contributed by atoms with Gasteiger partial charge in [0, 0.05) is 10.9 Å². The molecule has 0 amide bonds. The van der Waals surface area contributed by atoms with Gasteiger partial charge in [-0.25, -0.2) is 9.37 Å². The number of aromatic nitrogens is 1. The summed E-state index contributed by atoms with van der Waals surface area (Å²) < 4.78 is 18.4. The van der Waals surface area contributed by atoms with Gasteiger partial charge < -0.3 is 10.5 Å². The van der Waals surface area contributed by atoms with Gasteiger partial charge in [-0.1, -0.05) is 0 Å². The third-order valence-electron chi connectivity index (χ3n) is 2.72. The molecule has 0 atom stereocenters. The average Bonchev–Trinajstić information content (AvgIpc) is 2.89. The van der Waals surface area contributed by atoms with E-state index in [1.54, 1.807) is 12.1 Å².